The van der Waals surface area contributed by atoms with Crippen molar-refractivity contribution < 1.29 is 9.53 Å². The zero-order valence-corrected chi connectivity index (χ0v) is 21.5. The highest BCUT2D eigenvalue weighted by atomic mass is 127. The van der Waals surface area contributed by atoms with Crippen molar-refractivity contribution in [2.24, 2.45) is 4.99 Å². The van der Waals surface area contributed by atoms with E-state index in [0.29, 0.717) is 19.6 Å². The number of guanidine groups is 1. The SMILES string of the molecule is CC(C)(C)OC(=O)N1CCN2C(NCCc3csc(C(C)(C)C)n3)=NCC2C1.I. The number of carbonyl (C=O) groups is 1. The predicted octanol–water partition coefficient (Wildman–Crippen LogP) is 3.48. The molecule has 3 rings (SSSR count). The van der Waals surface area contributed by atoms with Crippen molar-refractivity contribution in [2.75, 3.05) is 32.7 Å². The van der Waals surface area contributed by atoms with E-state index in [1.54, 1.807) is 16.2 Å². The molecule has 1 atom stereocenters. The van der Waals surface area contributed by atoms with E-state index in [1.165, 1.54) is 5.01 Å². The number of nitrogens with one attached hydrogen (secondary N) is 1. The predicted molar refractivity (Wildman–Crippen MR) is 129 cm³/mol. The van der Waals surface area contributed by atoms with Gasteiger partial charge in [0.25, 0.3) is 0 Å². The molecule has 1 N–H and O–H groups in total. The van der Waals surface area contributed by atoms with Gasteiger partial charge in [0.05, 0.1) is 23.3 Å². The van der Waals surface area contributed by atoms with Crippen molar-refractivity contribution in [2.45, 2.75) is 65.0 Å². The number of hydrogen-bond acceptors (Lipinski definition) is 7. The van der Waals surface area contributed by atoms with E-state index < -0.39 is 5.60 Å². The van der Waals surface area contributed by atoms with E-state index in [4.69, 9.17) is 9.72 Å². The second-order valence-electron chi connectivity index (χ2n) is 9.51. The van der Waals surface area contributed by atoms with Crippen LogP contribution in [0.25, 0.3) is 0 Å². The minimum Gasteiger partial charge on any atom is -0.444 e. The number of thiazole rings is 1. The lowest BCUT2D eigenvalue weighted by molar-refractivity contribution is 0.0137. The fraction of sp³-hybridized carbons (Fsp3) is 0.750. The Kier molecular flexibility index (Phi) is 7.80. The highest BCUT2D eigenvalue weighted by molar-refractivity contribution is 14.0. The number of nitrogens with zero attached hydrogens (tertiary/aromatic N) is 4. The number of aromatic nitrogens is 1. The second-order valence-corrected chi connectivity index (χ2v) is 10.4. The van der Waals surface area contributed by atoms with Gasteiger partial charge in [-0.2, -0.15) is 0 Å². The number of piperazine rings is 1. The zero-order valence-electron chi connectivity index (χ0n) is 18.3. The molecule has 0 spiro atoms. The first-order valence-electron chi connectivity index (χ1n) is 10.0. The summed E-state index contributed by atoms with van der Waals surface area (Å²) in [6.07, 6.45) is 0.653. The average Bonchev–Trinajstić information content (AvgIpc) is 3.20. The monoisotopic (exact) mass is 535 g/mol. The summed E-state index contributed by atoms with van der Waals surface area (Å²) in [4.78, 5) is 25.8. The number of hydrogen-bond donors (Lipinski definition) is 1. The van der Waals surface area contributed by atoms with Gasteiger partial charge < -0.3 is 19.9 Å². The van der Waals surface area contributed by atoms with Gasteiger partial charge in [-0.25, -0.2) is 9.78 Å². The molecule has 0 aromatic carbocycles. The lowest BCUT2D eigenvalue weighted by Gasteiger charge is -2.39. The summed E-state index contributed by atoms with van der Waals surface area (Å²) >= 11 is 1.74. The van der Waals surface area contributed by atoms with E-state index in [0.717, 1.165) is 31.2 Å². The van der Waals surface area contributed by atoms with Gasteiger partial charge in [0.2, 0.25) is 0 Å². The molecule has 29 heavy (non-hydrogen) atoms. The number of amides is 1. The Morgan fingerprint density at radius 1 is 1.28 bits per heavy atom. The van der Waals surface area contributed by atoms with Gasteiger partial charge in [-0.3, -0.25) is 4.99 Å². The van der Waals surface area contributed by atoms with E-state index in [2.05, 4.69) is 41.4 Å². The maximum Gasteiger partial charge on any atom is 0.410 e. The Bertz CT molecular complexity index is 738. The Hall–Kier alpha value is -1.10. The zero-order chi connectivity index (χ0) is 20.5. The van der Waals surface area contributed by atoms with Crippen LogP contribution in [0.3, 0.4) is 0 Å². The van der Waals surface area contributed by atoms with Crippen molar-refractivity contribution >= 4 is 47.4 Å². The maximum absolute atomic E-state index is 12.3. The quantitative estimate of drug-likeness (QED) is 0.601. The largest absolute Gasteiger partial charge is 0.444 e. The van der Waals surface area contributed by atoms with Crippen LogP contribution in [-0.2, 0) is 16.6 Å². The highest BCUT2D eigenvalue weighted by Gasteiger charge is 2.36. The molecule has 0 saturated carbocycles. The Labute approximate surface area is 195 Å². The molecule has 9 heteroatoms. The summed E-state index contributed by atoms with van der Waals surface area (Å²) in [5.74, 6) is 0.945. The molecule has 0 aliphatic carbocycles. The normalized spacial score (nSPS) is 19.4. The highest BCUT2D eigenvalue weighted by Crippen LogP contribution is 2.25. The molecule has 0 bridgehead atoms. The summed E-state index contributed by atoms with van der Waals surface area (Å²) in [6.45, 7) is 15.9. The first-order valence-corrected chi connectivity index (χ1v) is 10.9. The summed E-state index contributed by atoms with van der Waals surface area (Å²) in [7, 11) is 0. The molecule has 1 unspecified atom stereocenters. The molecular formula is C20H34IN5O2S. The number of carbonyl (C=O) groups excluding carboxylic acids is 1. The Balaban J connectivity index is 0.00000300. The molecule has 1 aromatic rings. The minimum absolute atomic E-state index is 0. The van der Waals surface area contributed by atoms with Crippen LogP contribution in [0.4, 0.5) is 4.79 Å². The molecule has 7 nitrogen and oxygen atoms in total. The van der Waals surface area contributed by atoms with Gasteiger partial charge in [-0.1, -0.05) is 20.8 Å². The molecule has 2 aliphatic rings. The first kappa shape index (κ1) is 24.2. The number of ether oxygens (including phenoxy) is 1. The molecule has 164 valence electrons. The fourth-order valence-electron chi connectivity index (χ4n) is 3.29. The molecule has 1 fully saturated rings. The summed E-state index contributed by atoms with van der Waals surface area (Å²) in [5.41, 5.74) is 0.773. The van der Waals surface area contributed by atoms with E-state index >= 15 is 0 Å². The molecule has 0 radical (unpaired) electrons. The fourth-order valence-corrected chi connectivity index (χ4v) is 4.23. The molecule has 2 aliphatic heterocycles. The van der Waals surface area contributed by atoms with Crippen LogP contribution < -0.4 is 5.32 Å². The van der Waals surface area contributed by atoms with Crippen molar-refractivity contribution in [1.82, 2.24) is 20.1 Å². The number of fused-ring (bicyclic) bond motifs is 1. The number of aliphatic imine (C=N–C) groups is 1. The van der Waals surface area contributed by atoms with Crippen LogP contribution in [-0.4, -0.2) is 71.2 Å². The number of rotatable bonds is 3. The summed E-state index contributed by atoms with van der Waals surface area (Å²) in [6, 6.07) is 0.232. The second kappa shape index (κ2) is 9.36. The maximum atomic E-state index is 12.3. The Morgan fingerprint density at radius 3 is 2.62 bits per heavy atom. The molecule has 3 heterocycles. The van der Waals surface area contributed by atoms with Crippen LogP contribution in [0.2, 0.25) is 0 Å². The van der Waals surface area contributed by atoms with Crippen LogP contribution in [0.15, 0.2) is 10.4 Å². The smallest absolute Gasteiger partial charge is 0.410 e. The molecule has 1 saturated heterocycles. The number of halogens is 1. The topological polar surface area (TPSA) is 70.1 Å². The summed E-state index contributed by atoms with van der Waals surface area (Å²) < 4.78 is 5.50. The Morgan fingerprint density at radius 2 is 2.00 bits per heavy atom. The standard InChI is InChI=1S/C20H33N5O2S.HI/c1-19(2,3)16-23-14(13-28-16)7-8-21-17-22-11-15-12-24(9-10-25(15)17)18(26)27-20(4,5)6;/h13,15H,7-12H2,1-6H3,(H,21,22);1H. The third-order valence-corrected chi connectivity index (χ3v) is 6.03. The van der Waals surface area contributed by atoms with Gasteiger partial charge in [-0.15, -0.1) is 35.3 Å². The van der Waals surface area contributed by atoms with Crippen LogP contribution in [0, 0.1) is 0 Å². The van der Waals surface area contributed by atoms with Crippen molar-refractivity contribution in [3.63, 3.8) is 0 Å². The van der Waals surface area contributed by atoms with Gasteiger partial charge >= 0.3 is 6.09 Å². The van der Waals surface area contributed by atoms with Gasteiger partial charge in [0, 0.05) is 43.4 Å². The van der Waals surface area contributed by atoms with Gasteiger partial charge in [0.1, 0.15) is 5.60 Å². The van der Waals surface area contributed by atoms with Crippen molar-refractivity contribution in [3.05, 3.63) is 16.1 Å². The third kappa shape index (κ3) is 6.44. The first-order chi connectivity index (χ1) is 13.0. The van der Waals surface area contributed by atoms with E-state index in [-0.39, 0.29) is 41.5 Å². The van der Waals surface area contributed by atoms with E-state index in [1.807, 2.05) is 20.8 Å². The summed E-state index contributed by atoms with van der Waals surface area (Å²) in [5, 5.41) is 6.80. The minimum atomic E-state index is -0.463. The van der Waals surface area contributed by atoms with Crippen molar-refractivity contribution in [1.29, 1.82) is 0 Å². The third-order valence-electron chi connectivity index (χ3n) is 4.72. The lowest BCUT2D eigenvalue weighted by Crippen LogP contribution is -2.57. The van der Waals surface area contributed by atoms with Crippen LogP contribution >= 0.6 is 35.3 Å². The average molecular weight is 535 g/mol. The van der Waals surface area contributed by atoms with Gasteiger partial charge in [-0.05, 0) is 20.8 Å². The lowest BCUT2D eigenvalue weighted by atomic mass is 9.98. The van der Waals surface area contributed by atoms with Gasteiger partial charge in [0.15, 0.2) is 5.96 Å². The molecule has 1 amide bonds. The van der Waals surface area contributed by atoms with Crippen LogP contribution in [0.5, 0.6) is 0 Å². The van der Waals surface area contributed by atoms with E-state index in [9.17, 15) is 4.79 Å². The molecular weight excluding hydrogens is 501 g/mol. The molecule has 1 aromatic heterocycles. The van der Waals surface area contributed by atoms with Crippen molar-refractivity contribution in [3.8, 4) is 0 Å². The van der Waals surface area contributed by atoms with Crippen LogP contribution in [0.1, 0.15) is 52.2 Å².